The van der Waals surface area contributed by atoms with Gasteiger partial charge in [-0.2, -0.15) is 0 Å². The van der Waals surface area contributed by atoms with E-state index in [1.807, 2.05) is 18.8 Å². The third-order valence-corrected chi connectivity index (χ3v) is 4.77. The van der Waals surface area contributed by atoms with Gasteiger partial charge >= 0.3 is 0 Å². The largest absolute Gasteiger partial charge is 0.380 e. The van der Waals surface area contributed by atoms with Crippen LogP contribution in [-0.2, 0) is 0 Å². The monoisotopic (exact) mass is 250 g/mol. The van der Waals surface area contributed by atoms with Crippen molar-refractivity contribution in [3.05, 3.63) is 23.8 Å². The molecule has 2 N–H and O–H groups in total. The number of rotatable bonds is 3. The number of benzene rings is 1. The molecule has 2 rings (SSSR count). The molecule has 1 aliphatic heterocycles. The average Bonchev–Trinajstić information content (AvgIpc) is 2.29. The van der Waals surface area contributed by atoms with Crippen molar-refractivity contribution in [3.8, 4) is 0 Å². The number of nitrogens with one attached hydrogen (secondary N) is 2. The second-order valence-corrected chi connectivity index (χ2v) is 6.30. The van der Waals surface area contributed by atoms with Crippen molar-refractivity contribution in [2.45, 2.75) is 42.9 Å². The van der Waals surface area contributed by atoms with Gasteiger partial charge in [-0.25, -0.2) is 0 Å². The maximum absolute atomic E-state index is 3.68. The van der Waals surface area contributed by atoms with Gasteiger partial charge in [0.15, 0.2) is 0 Å². The van der Waals surface area contributed by atoms with E-state index < -0.39 is 0 Å². The molecule has 0 radical (unpaired) electrons. The van der Waals surface area contributed by atoms with Crippen LogP contribution in [0.5, 0.6) is 0 Å². The van der Waals surface area contributed by atoms with E-state index in [-0.39, 0.29) is 0 Å². The maximum atomic E-state index is 3.68. The van der Waals surface area contributed by atoms with Gasteiger partial charge in [0.25, 0.3) is 0 Å². The summed E-state index contributed by atoms with van der Waals surface area (Å²) in [6.45, 7) is 7.83. The fraction of sp³-hybridized carbons (Fsp3) is 0.571. The smallest absolute Gasteiger partial charge is 0.0516 e. The van der Waals surface area contributed by atoms with Gasteiger partial charge in [-0.15, -0.1) is 11.8 Å². The molecule has 0 amide bonds. The summed E-state index contributed by atoms with van der Waals surface area (Å²) in [5.41, 5.74) is 2.79. The Hall–Kier alpha value is -0.670. The Morgan fingerprint density at radius 3 is 2.82 bits per heavy atom. The molecule has 1 aromatic rings. The predicted octanol–water partition coefficient (Wildman–Crippen LogP) is 3.30. The van der Waals surface area contributed by atoms with Gasteiger partial charge in [-0.1, -0.05) is 26.0 Å². The minimum absolute atomic E-state index is 0.514. The molecule has 3 heteroatoms. The Labute approximate surface area is 109 Å². The van der Waals surface area contributed by atoms with Crippen LogP contribution in [0.3, 0.4) is 0 Å². The first-order valence-corrected chi connectivity index (χ1v) is 7.22. The van der Waals surface area contributed by atoms with Crippen LogP contribution >= 0.6 is 11.8 Å². The highest BCUT2D eigenvalue weighted by Crippen LogP contribution is 2.41. The fourth-order valence-corrected chi connectivity index (χ4v) is 3.59. The number of anilines is 1. The summed E-state index contributed by atoms with van der Waals surface area (Å²) in [5, 5.41) is 7.57. The van der Waals surface area contributed by atoms with Gasteiger partial charge in [0, 0.05) is 22.7 Å². The van der Waals surface area contributed by atoms with E-state index in [1.165, 1.54) is 16.1 Å². The Bertz CT molecular complexity index is 390. The first-order valence-electron chi connectivity index (χ1n) is 6.34. The van der Waals surface area contributed by atoms with E-state index in [2.05, 4.69) is 49.6 Å². The van der Waals surface area contributed by atoms with Gasteiger partial charge in [0.2, 0.25) is 0 Å². The number of hydrogen-bond donors (Lipinski definition) is 2. The molecule has 2 nitrogen and oxygen atoms in total. The molecule has 0 spiro atoms. The van der Waals surface area contributed by atoms with Crippen LogP contribution in [0, 0.1) is 0 Å². The van der Waals surface area contributed by atoms with Crippen molar-refractivity contribution in [2.75, 3.05) is 18.9 Å². The number of fused-ring (bicyclic) bond motifs is 1. The van der Waals surface area contributed by atoms with E-state index >= 15 is 0 Å². The molecular formula is C14H22N2S. The zero-order valence-corrected chi connectivity index (χ0v) is 11.9. The van der Waals surface area contributed by atoms with Crippen molar-refractivity contribution in [1.29, 1.82) is 0 Å². The predicted molar refractivity (Wildman–Crippen MR) is 77.2 cm³/mol. The summed E-state index contributed by atoms with van der Waals surface area (Å²) in [6, 6.07) is 7.16. The van der Waals surface area contributed by atoms with E-state index in [1.54, 1.807) is 0 Å². The minimum Gasteiger partial charge on any atom is -0.380 e. The van der Waals surface area contributed by atoms with Gasteiger partial charge in [-0.3, -0.25) is 0 Å². The van der Waals surface area contributed by atoms with E-state index in [0.29, 0.717) is 17.2 Å². The summed E-state index contributed by atoms with van der Waals surface area (Å²) < 4.78 is 0. The molecule has 1 aliphatic rings. The topological polar surface area (TPSA) is 24.1 Å². The molecule has 17 heavy (non-hydrogen) atoms. The maximum Gasteiger partial charge on any atom is 0.0516 e. The highest BCUT2D eigenvalue weighted by atomic mass is 32.2. The van der Waals surface area contributed by atoms with Crippen LogP contribution in [0.2, 0.25) is 0 Å². The molecule has 2 unspecified atom stereocenters. The van der Waals surface area contributed by atoms with Crippen molar-refractivity contribution >= 4 is 17.4 Å². The Morgan fingerprint density at radius 2 is 2.18 bits per heavy atom. The summed E-state index contributed by atoms with van der Waals surface area (Å²) in [6.07, 6.45) is 0. The molecule has 1 aromatic carbocycles. The first-order chi connectivity index (χ1) is 8.13. The standard InChI is InChI=1S/C14H22N2S/c1-9(2)11-6-5-7-12-14(11)16-10(3)13(17-12)8-15-4/h5-7,9-10,13,15-16H,8H2,1-4H3. The lowest BCUT2D eigenvalue weighted by molar-refractivity contribution is 0.662. The summed E-state index contributed by atoms with van der Waals surface area (Å²) in [4.78, 5) is 1.40. The zero-order chi connectivity index (χ0) is 12.4. The van der Waals surface area contributed by atoms with Crippen molar-refractivity contribution in [1.82, 2.24) is 5.32 Å². The second kappa shape index (κ2) is 5.32. The lowest BCUT2D eigenvalue weighted by atomic mass is 10.00. The Morgan fingerprint density at radius 1 is 1.41 bits per heavy atom. The highest BCUT2D eigenvalue weighted by molar-refractivity contribution is 8.00. The summed E-state index contributed by atoms with van der Waals surface area (Å²) >= 11 is 2.00. The van der Waals surface area contributed by atoms with Crippen LogP contribution in [-0.4, -0.2) is 24.9 Å². The zero-order valence-electron chi connectivity index (χ0n) is 11.1. The lowest BCUT2D eigenvalue weighted by Crippen LogP contribution is -2.38. The Balaban J connectivity index is 2.30. The first kappa shape index (κ1) is 12.8. The molecule has 0 fully saturated rings. The molecule has 94 valence electrons. The molecule has 0 saturated heterocycles. The lowest BCUT2D eigenvalue weighted by Gasteiger charge is -2.33. The number of para-hydroxylation sites is 1. The molecule has 1 heterocycles. The van der Waals surface area contributed by atoms with E-state index in [0.717, 1.165) is 6.54 Å². The molecule has 0 saturated carbocycles. The van der Waals surface area contributed by atoms with Crippen LogP contribution < -0.4 is 10.6 Å². The van der Waals surface area contributed by atoms with E-state index in [4.69, 9.17) is 0 Å². The third-order valence-electron chi connectivity index (χ3n) is 3.29. The number of hydrogen-bond acceptors (Lipinski definition) is 3. The fourth-order valence-electron chi connectivity index (χ4n) is 2.29. The van der Waals surface area contributed by atoms with Gasteiger partial charge < -0.3 is 10.6 Å². The molecule has 0 aromatic heterocycles. The van der Waals surface area contributed by atoms with Crippen LogP contribution in [0.4, 0.5) is 5.69 Å². The average molecular weight is 250 g/mol. The van der Waals surface area contributed by atoms with Crippen LogP contribution in [0.15, 0.2) is 23.1 Å². The van der Waals surface area contributed by atoms with Crippen LogP contribution in [0.1, 0.15) is 32.3 Å². The Kier molecular flexibility index (Phi) is 4.00. The van der Waals surface area contributed by atoms with Crippen molar-refractivity contribution in [3.63, 3.8) is 0 Å². The normalized spacial score (nSPS) is 23.4. The van der Waals surface area contributed by atoms with Crippen LogP contribution in [0.25, 0.3) is 0 Å². The van der Waals surface area contributed by atoms with Crippen molar-refractivity contribution < 1.29 is 0 Å². The van der Waals surface area contributed by atoms with E-state index in [9.17, 15) is 0 Å². The third kappa shape index (κ3) is 2.61. The molecular weight excluding hydrogens is 228 g/mol. The number of thioether (sulfide) groups is 1. The SMILES string of the molecule is CNCC1Sc2cccc(C(C)C)c2NC1C. The molecule has 0 bridgehead atoms. The van der Waals surface area contributed by atoms with Gasteiger partial charge in [0.05, 0.1) is 5.69 Å². The van der Waals surface area contributed by atoms with Gasteiger partial charge in [0.1, 0.15) is 0 Å². The van der Waals surface area contributed by atoms with Gasteiger partial charge in [-0.05, 0) is 31.5 Å². The molecule has 0 aliphatic carbocycles. The summed E-state index contributed by atoms with van der Waals surface area (Å²) in [7, 11) is 2.02. The van der Waals surface area contributed by atoms with Crippen molar-refractivity contribution in [2.24, 2.45) is 0 Å². The quantitative estimate of drug-likeness (QED) is 0.860. The summed E-state index contributed by atoms with van der Waals surface area (Å²) in [5.74, 6) is 0.575. The molecule has 2 atom stereocenters. The minimum atomic E-state index is 0.514. The second-order valence-electron chi connectivity index (χ2n) is 5.02. The highest BCUT2D eigenvalue weighted by Gasteiger charge is 2.26.